The van der Waals surface area contributed by atoms with E-state index in [0.717, 1.165) is 27.7 Å². The van der Waals surface area contributed by atoms with Gasteiger partial charge in [0.25, 0.3) is 0 Å². The number of fused-ring (bicyclic) bond motifs is 1. The van der Waals surface area contributed by atoms with Crippen molar-refractivity contribution in [1.29, 1.82) is 0 Å². The number of benzene rings is 2. The van der Waals surface area contributed by atoms with Gasteiger partial charge in [0.05, 0.1) is 23.9 Å². The summed E-state index contributed by atoms with van der Waals surface area (Å²) in [5.74, 6) is 0. The zero-order chi connectivity index (χ0) is 12.5. The van der Waals surface area contributed by atoms with Crippen LogP contribution in [0.25, 0.3) is 11.0 Å². The van der Waals surface area contributed by atoms with Crippen LogP contribution in [-0.4, -0.2) is 9.55 Å². The Morgan fingerprint density at radius 3 is 2.83 bits per heavy atom. The zero-order valence-electron chi connectivity index (χ0n) is 9.68. The summed E-state index contributed by atoms with van der Waals surface area (Å²) in [6, 6.07) is 14.0. The highest BCUT2D eigenvalue weighted by atomic mass is 79.9. The number of anilines is 1. The SMILES string of the molecule is Nc1ccc(Cn2cnc3ccccc32)c(Br)c1. The fraction of sp³-hybridized carbons (Fsp3) is 0.0714. The van der Waals surface area contributed by atoms with E-state index >= 15 is 0 Å². The molecule has 0 amide bonds. The Hall–Kier alpha value is -1.81. The largest absolute Gasteiger partial charge is 0.399 e. The molecular formula is C14H12BrN3. The first-order valence-electron chi connectivity index (χ1n) is 5.68. The summed E-state index contributed by atoms with van der Waals surface area (Å²) >= 11 is 3.54. The van der Waals surface area contributed by atoms with Crippen molar-refractivity contribution in [3.63, 3.8) is 0 Å². The van der Waals surface area contributed by atoms with Crippen LogP contribution >= 0.6 is 15.9 Å². The van der Waals surface area contributed by atoms with Crippen LogP contribution < -0.4 is 5.73 Å². The van der Waals surface area contributed by atoms with E-state index in [0.29, 0.717) is 0 Å². The predicted octanol–water partition coefficient (Wildman–Crippen LogP) is 3.43. The van der Waals surface area contributed by atoms with Crippen LogP contribution in [0.1, 0.15) is 5.56 Å². The maximum absolute atomic E-state index is 5.74. The fourth-order valence-corrected chi connectivity index (χ4v) is 2.53. The Morgan fingerprint density at radius 2 is 2.00 bits per heavy atom. The summed E-state index contributed by atoms with van der Waals surface area (Å²) in [7, 11) is 0. The Balaban J connectivity index is 2.01. The summed E-state index contributed by atoms with van der Waals surface area (Å²) < 4.78 is 3.16. The van der Waals surface area contributed by atoms with Crippen molar-refractivity contribution in [2.24, 2.45) is 0 Å². The molecule has 90 valence electrons. The average molecular weight is 302 g/mol. The van der Waals surface area contributed by atoms with E-state index < -0.39 is 0 Å². The van der Waals surface area contributed by atoms with Crippen LogP contribution in [0.3, 0.4) is 0 Å². The van der Waals surface area contributed by atoms with Crippen molar-refractivity contribution in [3.8, 4) is 0 Å². The minimum atomic E-state index is 0.765. The van der Waals surface area contributed by atoms with E-state index in [4.69, 9.17) is 5.73 Å². The summed E-state index contributed by atoms with van der Waals surface area (Å²) in [5.41, 5.74) is 9.85. The number of para-hydroxylation sites is 2. The first kappa shape index (κ1) is 11.3. The van der Waals surface area contributed by atoms with Crippen molar-refractivity contribution >= 4 is 32.7 Å². The van der Waals surface area contributed by atoms with E-state index in [-0.39, 0.29) is 0 Å². The van der Waals surface area contributed by atoms with Gasteiger partial charge < -0.3 is 10.3 Å². The van der Waals surface area contributed by atoms with Crippen LogP contribution in [-0.2, 0) is 6.54 Å². The molecule has 3 rings (SSSR count). The van der Waals surface area contributed by atoms with Gasteiger partial charge in [-0.15, -0.1) is 0 Å². The van der Waals surface area contributed by atoms with Gasteiger partial charge in [-0.1, -0.05) is 34.1 Å². The number of nitrogen functional groups attached to an aromatic ring is 1. The molecule has 0 aliphatic rings. The topological polar surface area (TPSA) is 43.8 Å². The highest BCUT2D eigenvalue weighted by molar-refractivity contribution is 9.10. The van der Waals surface area contributed by atoms with Crippen molar-refractivity contribution in [3.05, 3.63) is 58.8 Å². The lowest BCUT2D eigenvalue weighted by molar-refractivity contribution is 0.821. The third-order valence-corrected chi connectivity index (χ3v) is 3.68. The lowest BCUT2D eigenvalue weighted by Crippen LogP contribution is -1.99. The average Bonchev–Trinajstić information content (AvgIpc) is 2.76. The molecule has 2 aromatic carbocycles. The first-order valence-corrected chi connectivity index (χ1v) is 6.47. The number of hydrogen-bond acceptors (Lipinski definition) is 2. The molecule has 0 saturated heterocycles. The molecule has 0 unspecified atom stereocenters. The normalized spacial score (nSPS) is 10.9. The summed E-state index contributed by atoms with van der Waals surface area (Å²) in [6.07, 6.45) is 1.87. The van der Waals surface area contributed by atoms with E-state index in [1.807, 2.05) is 42.7 Å². The zero-order valence-corrected chi connectivity index (χ0v) is 11.3. The van der Waals surface area contributed by atoms with Crippen LogP contribution in [0, 0.1) is 0 Å². The lowest BCUT2D eigenvalue weighted by Gasteiger charge is -2.07. The Labute approximate surface area is 113 Å². The minimum absolute atomic E-state index is 0.765. The fourth-order valence-electron chi connectivity index (χ4n) is 2.01. The molecule has 0 aliphatic carbocycles. The number of nitrogens with two attached hydrogens (primary N) is 1. The van der Waals surface area contributed by atoms with Crippen LogP contribution in [0.4, 0.5) is 5.69 Å². The molecule has 0 fully saturated rings. The van der Waals surface area contributed by atoms with E-state index in [9.17, 15) is 0 Å². The van der Waals surface area contributed by atoms with Crippen molar-refractivity contribution < 1.29 is 0 Å². The molecule has 4 heteroatoms. The number of nitrogens with zero attached hydrogens (tertiary/aromatic N) is 2. The van der Waals surface area contributed by atoms with Crippen LogP contribution in [0.15, 0.2) is 53.3 Å². The molecule has 18 heavy (non-hydrogen) atoms. The standard InChI is InChI=1S/C14H12BrN3/c15-12-7-11(16)6-5-10(12)8-18-9-17-13-3-1-2-4-14(13)18/h1-7,9H,8,16H2. The van der Waals surface area contributed by atoms with Crippen molar-refractivity contribution in [2.45, 2.75) is 6.54 Å². The molecule has 0 bridgehead atoms. The van der Waals surface area contributed by atoms with Gasteiger partial charge in [0, 0.05) is 10.2 Å². The molecule has 1 heterocycles. The molecule has 3 aromatic rings. The van der Waals surface area contributed by atoms with Gasteiger partial charge in [-0.2, -0.15) is 0 Å². The monoisotopic (exact) mass is 301 g/mol. The summed E-state index contributed by atoms with van der Waals surface area (Å²) in [4.78, 5) is 4.39. The lowest BCUT2D eigenvalue weighted by atomic mass is 10.2. The molecule has 2 N–H and O–H groups in total. The van der Waals surface area contributed by atoms with E-state index in [1.54, 1.807) is 0 Å². The highest BCUT2D eigenvalue weighted by Crippen LogP contribution is 2.22. The van der Waals surface area contributed by atoms with Gasteiger partial charge >= 0.3 is 0 Å². The summed E-state index contributed by atoms with van der Waals surface area (Å²) in [6.45, 7) is 0.779. The molecule has 0 aliphatic heterocycles. The molecule has 0 spiro atoms. The number of aromatic nitrogens is 2. The number of rotatable bonds is 2. The first-order chi connectivity index (χ1) is 8.74. The van der Waals surface area contributed by atoms with Crippen LogP contribution in [0.2, 0.25) is 0 Å². The van der Waals surface area contributed by atoms with Gasteiger partial charge in [0.2, 0.25) is 0 Å². The molecule has 0 saturated carbocycles. The predicted molar refractivity (Wildman–Crippen MR) is 77.4 cm³/mol. The Bertz CT molecular complexity index is 703. The number of hydrogen-bond donors (Lipinski definition) is 1. The second-order valence-corrected chi connectivity index (χ2v) is 5.07. The molecule has 0 atom stereocenters. The van der Waals surface area contributed by atoms with Gasteiger partial charge in [-0.25, -0.2) is 4.98 Å². The smallest absolute Gasteiger partial charge is 0.0961 e. The molecular weight excluding hydrogens is 290 g/mol. The summed E-state index contributed by atoms with van der Waals surface area (Å²) in [5, 5.41) is 0. The van der Waals surface area contributed by atoms with Crippen LogP contribution in [0.5, 0.6) is 0 Å². The third-order valence-electron chi connectivity index (χ3n) is 2.95. The second-order valence-electron chi connectivity index (χ2n) is 4.21. The molecule has 0 radical (unpaired) electrons. The number of imidazole rings is 1. The maximum Gasteiger partial charge on any atom is 0.0961 e. The Kier molecular flexibility index (Phi) is 2.80. The minimum Gasteiger partial charge on any atom is -0.399 e. The van der Waals surface area contributed by atoms with Gasteiger partial charge in [0.15, 0.2) is 0 Å². The number of halogens is 1. The maximum atomic E-state index is 5.74. The second kappa shape index (κ2) is 4.46. The van der Waals surface area contributed by atoms with Gasteiger partial charge in [0.1, 0.15) is 0 Å². The quantitative estimate of drug-likeness (QED) is 0.737. The Morgan fingerprint density at radius 1 is 1.17 bits per heavy atom. The third kappa shape index (κ3) is 1.99. The van der Waals surface area contributed by atoms with Gasteiger partial charge in [-0.3, -0.25) is 0 Å². The van der Waals surface area contributed by atoms with Crippen molar-refractivity contribution in [2.75, 3.05) is 5.73 Å². The van der Waals surface area contributed by atoms with E-state index in [2.05, 4.69) is 31.5 Å². The van der Waals surface area contributed by atoms with Crippen molar-refractivity contribution in [1.82, 2.24) is 9.55 Å². The molecule has 3 nitrogen and oxygen atoms in total. The van der Waals surface area contributed by atoms with Gasteiger partial charge in [-0.05, 0) is 29.8 Å². The van der Waals surface area contributed by atoms with E-state index in [1.165, 1.54) is 5.56 Å². The molecule has 1 aromatic heterocycles. The highest BCUT2D eigenvalue weighted by Gasteiger charge is 2.05.